The van der Waals surface area contributed by atoms with Gasteiger partial charge in [0.15, 0.2) is 0 Å². The molecule has 2 rings (SSSR count). The van der Waals surface area contributed by atoms with Crippen LogP contribution in [0.1, 0.15) is 9.80 Å². The summed E-state index contributed by atoms with van der Waals surface area (Å²) in [6, 6.07) is 3.32. The number of nitrogens with zero attached hydrogens (tertiary/aromatic N) is 1. The summed E-state index contributed by atoms with van der Waals surface area (Å²) in [4.78, 5) is 14.7. The van der Waals surface area contributed by atoms with Crippen LogP contribution in [0, 0.1) is 0 Å². The second-order valence-corrected chi connectivity index (χ2v) is 4.16. The van der Waals surface area contributed by atoms with E-state index in [2.05, 4.69) is 4.98 Å². The standard InChI is InChI=1S/C9H6ClNO3S/c1-14-5-3-2-4(10)7-6(5)11-8(15-7)9(12)13/h2-3H,1H3,(H,12,13). The van der Waals surface area contributed by atoms with Crippen LogP contribution in [0.5, 0.6) is 5.75 Å². The summed E-state index contributed by atoms with van der Waals surface area (Å²) in [5, 5.41) is 9.30. The number of aromatic nitrogens is 1. The van der Waals surface area contributed by atoms with E-state index in [9.17, 15) is 4.79 Å². The van der Waals surface area contributed by atoms with E-state index in [4.69, 9.17) is 21.4 Å². The van der Waals surface area contributed by atoms with Crippen molar-refractivity contribution in [3.63, 3.8) is 0 Å². The molecule has 0 aliphatic carbocycles. The Morgan fingerprint density at radius 3 is 2.93 bits per heavy atom. The molecule has 15 heavy (non-hydrogen) atoms. The van der Waals surface area contributed by atoms with E-state index < -0.39 is 5.97 Å². The lowest BCUT2D eigenvalue weighted by atomic mass is 10.3. The fourth-order valence-electron chi connectivity index (χ4n) is 1.21. The number of hydrogen-bond donors (Lipinski definition) is 1. The van der Waals surface area contributed by atoms with Crippen molar-refractivity contribution in [2.45, 2.75) is 0 Å². The van der Waals surface area contributed by atoms with Crippen LogP contribution in [0.15, 0.2) is 12.1 Å². The van der Waals surface area contributed by atoms with Gasteiger partial charge in [-0.3, -0.25) is 0 Å². The van der Waals surface area contributed by atoms with Crippen LogP contribution in [0.3, 0.4) is 0 Å². The minimum atomic E-state index is -1.06. The van der Waals surface area contributed by atoms with Crippen molar-refractivity contribution in [3.05, 3.63) is 22.2 Å². The number of methoxy groups -OCH3 is 1. The summed E-state index contributed by atoms with van der Waals surface area (Å²) >= 11 is 6.96. The van der Waals surface area contributed by atoms with Crippen LogP contribution >= 0.6 is 22.9 Å². The molecule has 1 aromatic carbocycles. The third-order valence-corrected chi connectivity index (χ3v) is 3.37. The Morgan fingerprint density at radius 2 is 2.33 bits per heavy atom. The van der Waals surface area contributed by atoms with E-state index in [1.54, 1.807) is 12.1 Å². The molecule has 0 spiro atoms. The number of carboxylic acids is 1. The lowest BCUT2D eigenvalue weighted by Crippen LogP contribution is -1.93. The van der Waals surface area contributed by atoms with Crippen LogP contribution in [0.2, 0.25) is 5.02 Å². The molecule has 0 amide bonds. The molecule has 0 saturated heterocycles. The number of carboxylic acid groups (broad SMARTS) is 1. The number of halogens is 1. The topological polar surface area (TPSA) is 59.4 Å². The zero-order chi connectivity index (χ0) is 11.0. The summed E-state index contributed by atoms with van der Waals surface area (Å²) < 4.78 is 5.70. The lowest BCUT2D eigenvalue weighted by Gasteiger charge is -2.00. The second-order valence-electron chi connectivity index (χ2n) is 2.75. The summed E-state index contributed by atoms with van der Waals surface area (Å²) in [6.07, 6.45) is 0. The largest absolute Gasteiger partial charge is 0.494 e. The normalized spacial score (nSPS) is 10.5. The SMILES string of the molecule is COc1ccc(Cl)c2sc(C(=O)O)nc12. The third-order valence-electron chi connectivity index (χ3n) is 1.86. The lowest BCUT2D eigenvalue weighted by molar-refractivity contribution is 0.0696. The predicted molar refractivity (Wildman–Crippen MR) is 58.1 cm³/mol. The number of ether oxygens (including phenoxy) is 1. The highest BCUT2D eigenvalue weighted by Crippen LogP contribution is 2.35. The summed E-state index contributed by atoms with van der Waals surface area (Å²) in [5.41, 5.74) is 0.493. The average molecular weight is 244 g/mol. The molecule has 0 radical (unpaired) electrons. The van der Waals surface area contributed by atoms with Crippen LogP contribution in [-0.2, 0) is 0 Å². The van der Waals surface area contributed by atoms with Crippen LogP contribution in [-0.4, -0.2) is 23.2 Å². The Kier molecular flexibility index (Phi) is 2.50. The molecule has 1 N–H and O–H groups in total. The molecule has 0 aliphatic rings. The van der Waals surface area contributed by atoms with Gasteiger partial charge in [-0.1, -0.05) is 11.6 Å². The number of rotatable bonds is 2. The van der Waals surface area contributed by atoms with Gasteiger partial charge in [-0.25, -0.2) is 9.78 Å². The zero-order valence-corrected chi connectivity index (χ0v) is 9.22. The monoisotopic (exact) mass is 243 g/mol. The van der Waals surface area contributed by atoms with E-state index in [1.807, 2.05) is 0 Å². The van der Waals surface area contributed by atoms with E-state index in [0.29, 0.717) is 21.0 Å². The smallest absolute Gasteiger partial charge is 0.365 e. The van der Waals surface area contributed by atoms with Gasteiger partial charge < -0.3 is 9.84 Å². The molecule has 1 heterocycles. The fraction of sp³-hybridized carbons (Fsp3) is 0.111. The Balaban J connectivity index is 2.77. The maximum Gasteiger partial charge on any atom is 0.365 e. The van der Waals surface area contributed by atoms with Gasteiger partial charge in [-0.15, -0.1) is 11.3 Å². The van der Waals surface area contributed by atoms with Crippen molar-refractivity contribution in [1.29, 1.82) is 0 Å². The van der Waals surface area contributed by atoms with Crippen LogP contribution < -0.4 is 4.74 Å². The number of benzene rings is 1. The molecule has 0 bridgehead atoms. The van der Waals surface area contributed by atoms with E-state index in [0.717, 1.165) is 11.3 Å². The van der Waals surface area contributed by atoms with Gasteiger partial charge in [0.1, 0.15) is 11.3 Å². The van der Waals surface area contributed by atoms with Crippen molar-refractivity contribution in [2.75, 3.05) is 7.11 Å². The minimum Gasteiger partial charge on any atom is -0.494 e. The van der Waals surface area contributed by atoms with Crippen molar-refractivity contribution in [1.82, 2.24) is 4.98 Å². The van der Waals surface area contributed by atoms with Gasteiger partial charge in [-0.05, 0) is 12.1 Å². The van der Waals surface area contributed by atoms with Crippen molar-refractivity contribution in [3.8, 4) is 5.75 Å². The minimum absolute atomic E-state index is 0.0106. The molecular weight excluding hydrogens is 238 g/mol. The Labute approximate surface area is 94.1 Å². The first-order chi connectivity index (χ1) is 7.13. The molecule has 0 aliphatic heterocycles. The number of hydrogen-bond acceptors (Lipinski definition) is 4. The number of aromatic carboxylic acids is 1. The molecular formula is C9H6ClNO3S. The number of thiazole rings is 1. The first-order valence-electron chi connectivity index (χ1n) is 4.00. The molecule has 2 aromatic rings. The van der Waals surface area contributed by atoms with E-state index in [-0.39, 0.29) is 5.01 Å². The molecule has 0 atom stereocenters. The number of fused-ring (bicyclic) bond motifs is 1. The molecule has 78 valence electrons. The maximum absolute atomic E-state index is 10.7. The van der Waals surface area contributed by atoms with Crippen molar-refractivity contribution in [2.24, 2.45) is 0 Å². The fourth-order valence-corrected chi connectivity index (χ4v) is 2.30. The van der Waals surface area contributed by atoms with E-state index in [1.165, 1.54) is 7.11 Å². The molecule has 0 saturated carbocycles. The first-order valence-corrected chi connectivity index (χ1v) is 5.19. The molecule has 1 aromatic heterocycles. The molecule has 4 nitrogen and oxygen atoms in total. The highest BCUT2D eigenvalue weighted by atomic mass is 35.5. The Bertz CT molecular complexity index is 537. The van der Waals surface area contributed by atoms with Crippen molar-refractivity contribution >= 4 is 39.1 Å². The second kappa shape index (κ2) is 3.67. The molecule has 0 fully saturated rings. The van der Waals surface area contributed by atoms with Crippen LogP contribution in [0.4, 0.5) is 0 Å². The van der Waals surface area contributed by atoms with Gasteiger partial charge in [0.25, 0.3) is 0 Å². The van der Waals surface area contributed by atoms with Gasteiger partial charge in [0.05, 0.1) is 16.8 Å². The van der Waals surface area contributed by atoms with Gasteiger partial charge in [0.2, 0.25) is 5.01 Å². The summed E-state index contributed by atoms with van der Waals surface area (Å²) in [7, 11) is 1.50. The van der Waals surface area contributed by atoms with Gasteiger partial charge in [0, 0.05) is 0 Å². The Hall–Kier alpha value is -1.33. The third kappa shape index (κ3) is 1.64. The van der Waals surface area contributed by atoms with Crippen molar-refractivity contribution < 1.29 is 14.6 Å². The van der Waals surface area contributed by atoms with Gasteiger partial charge in [-0.2, -0.15) is 0 Å². The van der Waals surface area contributed by atoms with Crippen LogP contribution in [0.25, 0.3) is 10.2 Å². The summed E-state index contributed by atoms with van der Waals surface area (Å²) in [5.74, 6) is -0.535. The molecule has 6 heteroatoms. The van der Waals surface area contributed by atoms with Gasteiger partial charge >= 0.3 is 5.97 Å². The predicted octanol–water partition coefficient (Wildman–Crippen LogP) is 2.66. The highest BCUT2D eigenvalue weighted by Gasteiger charge is 2.15. The zero-order valence-electron chi connectivity index (χ0n) is 7.65. The Morgan fingerprint density at radius 1 is 1.60 bits per heavy atom. The maximum atomic E-state index is 10.7. The quantitative estimate of drug-likeness (QED) is 0.881. The highest BCUT2D eigenvalue weighted by molar-refractivity contribution is 7.20. The first kappa shape index (κ1) is 10.2. The number of carbonyl (C=O) groups is 1. The average Bonchev–Trinajstić information content (AvgIpc) is 2.64. The molecule has 0 unspecified atom stereocenters. The summed E-state index contributed by atoms with van der Waals surface area (Å²) in [6.45, 7) is 0. The van der Waals surface area contributed by atoms with E-state index >= 15 is 0 Å².